The second-order valence-electron chi connectivity index (χ2n) is 5.78. The number of alkyl halides is 3. The molecule has 0 atom stereocenters. The molecular weight excluding hydrogens is 363 g/mol. The van der Waals surface area contributed by atoms with Gasteiger partial charge >= 0.3 is 12.1 Å². The minimum atomic E-state index is -4.42. The zero-order valence-electron chi connectivity index (χ0n) is 14.1. The number of carboxylic acid groups (broad SMARTS) is 1. The van der Waals surface area contributed by atoms with Crippen molar-refractivity contribution in [3.63, 3.8) is 0 Å². The number of imidazole rings is 1. The lowest BCUT2D eigenvalue weighted by atomic mass is 10.1. The average molecular weight is 377 g/mol. The van der Waals surface area contributed by atoms with Gasteiger partial charge in [-0.25, -0.2) is 14.8 Å². The second-order valence-corrected chi connectivity index (χ2v) is 5.78. The Balaban J connectivity index is 1.93. The Morgan fingerprint density at radius 1 is 1.15 bits per heavy atom. The second kappa shape index (κ2) is 7.10. The lowest BCUT2D eigenvalue weighted by molar-refractivity contribution is -0.153. The van der Waals surface area contributed by atoms with E-state index in [1.165, 1.54) is 36.4 Å². The number of aromatic nitrogens is 3. The SMILES string of the molecule is Cn1cnc(-c2cc(C(=O)O)cc(-c3ccc(OCC(F)(F)F)cc3)n2)c1. The van der Waals surface area contributed by atoms with E-state index in [0.717, 1.165) is 0 Å². The number of aromatic carboxylic acids is 1. The Labute approximate surface area is 151 Å². The van der Waals surface area contributed by atoms with Crippen molar-refractivity contribution < 1.29 is 27.8 Å². The molecule has 0 spiro atoms. The van der Waals surface area contributed by atoms with E-state index < -0.39 is 18.8 Å². The minimum Gasteiger partial charge on any atom is -0.484 e. The molecule has 0 amide bonds. The number of carboxylic acids is 1. The summed E-state index contributed by atoms with van der Waals surface area (Å²) in [6.07, 6.45) is -1.16. The maximum Gasteiger partial charge on any atom is 0.422 e. The fraction of sp³-hybridized carbons (Fsp3) is 0.167. The molecule has 0 fully saturated rings. The molecular formula is C18H14F3N3O3. The molecule has 6 nitrogen and oxygen atoms in total. The van der Waals surface area contributed by atoms with Crippen LogP contribution in [-0.4, -0.2) is 38.4 Å². The van der Waals surface area contributed by atoms with Crippen LogP contribution in [0.5, 0.6) is 5.75 Å². The van der Waals surface area contributed by atoms with E-state index >= 15 is 0 Å². The summed E-state index contributed by atoms with van der Waals surface area (Å²) in [5.41, 5.74) is 1.81. The Morgan fingerprint density at radius 2 is 1.81 bits per heavy atom. The number of halogens is 3. The van der Waals surface area contributed by atoms with E-state index in [1.54, 1.807) is 24.1 Å². The van der Waals surface area contributed by atoms with Gasteiger partial charge in [-0.3, -0.25) is 0 Å². The number of pyridine rings is 1. The molecule has 0 aliphatic rings. The molecule has 140 valence electrons. The van der Waals surface area contributed by atoms with Gasteiger partial charge in [-0.2, -0.15) is 13.2 Å². The van der Waals surface area contributed by atoms with Crippen molar-refractivity contribution in [2.24, 2.45) is 7.05 Å². The van der Waals surface area contributed by atoms with Crippen molar-refractivity contribution in [2.45, 2.75) is 6.18 Å². The van der Waals surface area contributed by atoms with Gasteiger partial charge in [0, 0.05) is 18.8 Å². The highest BCUT2D eigenvalue weighted by atomic mass is 19.4. The van der Waals surface area contributed by atoms with Crippen LogP contribution >= 0.6 is 0 Å². The number of ether oxygens (including phenoxy) is 1. The summed E-state index contributed by atoms with van der Waals surface area (Å²) in [5.74, 6) is -1.07. The molecule has 3 aromatic rings. The van der Waals surface area contributed by atoms with Gasteiger partial charge < -0.3 is 14.4 Å². The topological polar surface area (TPSA) is 77.2 Å². The first kappa shape index (κ1) is 18.4. The molecule has 1 N–H and O–H groups in total. The summed E-state index contributed by atoms with van der Waals surface area (Å²) in [6.45, 7) is -1.39. The Morgan fingerprint density at radius 3 is 2.37 bits per heavy atom. The highest BCUT2D eigenvalue weighted by molar-refractivity contribution is 5.90. The summed E-state index contributed by atoms with van der Waals surface area (Å²) in [7, 11) is 1.78. The zero-order chi connectivity index (χ0) is 19.6. The van der Waals surface area contributed by atoms with Crippen molar-refractivity contribution in [1.29, 1.82) is 0 Å². The third-order valence-corrected chi connectivity index (χ3v) is 3.59. The zero-order valence-corrected chi connectivity index (χ0v) is 14.1. The monoisotopic (exact) mass is 377 g/mol. The molecule has 27 heavy (non-hydrogen) atoms. The van der Waals surface area contributed by atoms with E-state index in [0.29, 0.717) is 22.6 Å². The van der Waals surface area contributed by atoms with Gasteiger partial charge in [-0.05, 0) is 36.4 Å². The van der Waals surface area contributed by atoms with E-state index in [1.807, 2.05) is 0 Å². The van der Waals surface area contributed by atoms with Crippen LogP contribution in [0.4, 0.5) is 13.2 Å². The van der Waals surface area contributed by atoms with E-state index in [4.69, 9.17) is 0 Å². The fourth-order valence-electron chi connectivity index (χ4n) is 2.37. The number of aryl methyl sites for hydroxylation is 1. The predicted molar refractivity (Wildman–Crippen MR) is 90.4 cm³/mol. The summed E-state index contributed by atoms with van der Waals surface area (Å²) >= 11 is 0. The van der Waals surface area contributed by atoms with Crippen molar-refractivity contribution in [3.05, 3.63) is 54.5 Å². The lowest BCUT2D eigenvalue weighted by Crippen LogP contribution is -2.19. The van der Waals surface area contributed by atoms with E-state index in [2.05, 4.69) is 14.7 Å². The van der Waals surface area contributed by atoms with Crippen molar-refractivity contribution in [3.8, 4) is 28.4 Å². The molecule has 9 heteroatoms. The first-order valence-electron chi connectivity index (χ1n) is 7.75. The molecule has 3 rings (SSSR count). The van der Waals surface area contributed by atoms with Gasteiger partial charge in [-0.1, -0.05) is 0 Å². The van der Waals surface area contributed by atoms with E-state index in [9.17, 15) is 23.1 Å². The normalized spacial score (nSPS) is 11.4. The fourth-order valence-corrected chi connectivity index (χ4v) is 2.37. The number of hydrogen-bond acceptors (Lipinski definition) is 4. The maximum absolute atomic E-state index is 12.2. The molecule has 2 aromatic heterocycles. The third-order valence-electron chi connectivity index (χ3n) is 3.59. The molecule has 0 aliphatic heterocycles. The van der Waals surface area contributed by atoms with Crippen LogP contribution in [0.2, 0.25) is 0 Å². The molecule has 2 heterocycles. The van der Waals surface area contributed by atoms with Crippen LogP contribution < -0.4 is 4.74 Å². The number of nitrogens with zero attached hydrogens (tertiary/aromatic N) is 3. The third kappa shape index (κ3) is 4.63. The highest BCUT2D eigenvalue weighted by Gasteiger charge is 2.28. The Kier molecular flexibility index (Phi) is 4.85. The largest absolute Gasteiger partial charge is 0.484 e. The van der Waals surface area contributed by atoms with Crippen LogP contribution in [0.25, 0.3) is 22.6 Å². The summed E-state index contributed by atoms with van der Waals surface area (Å²) in [6, 6.07) is 8.58. The Hall–Kier alpha value is -3.36. The van der Waals surface area contributed by atoms with E-state index in [-0.39, 0.29) is 11.3 Å². The molecule has 0 saturated heterocycles. The van der Waals surface area contributed by atoms with Gasteiger partial charge in [0.1, 0.15) is 11.4 Å². The molecule has 0 aliphatic carbocycles. The quantitative estimate of drug-likeness (QED) is 0.732. The number of rotatable bonds is 5. The molecule has 1 aromatic carbocycles. The number of hydrogen-bond donors (Lipinski definition) is 1. The molecule has 0 saturated carbocycles. The molecule has 0 bridgehead atoms. The molecule has 0 radical (unpaired) electrons. The van der Waals surface area contributed by atoms with Gasteiger partial charge in [0.25, 0.3) is 0 Å². The van der Waals surface area contributed by atoms with Gasteiger partial charge in [0.15, 0.2) is 6.61 Å². The standard InChI is InChI=1S/C18H14F3N3O3/c1-24-8-16(22-10-24)15-7-12(17(25)26)6-14(23-15)11-2-4-13(5-3-11)27-9-18(19,20)21/h2-8,10H,9H2,1H3,(H,25,26). The first-order chi connectivity index (χ1) is 12.7. The summed E-state index contributed by atoms with van der Waals surface area (Å²) in [5, 5.41) is 9.34. The smallest absolute Gasteiger partial charge is 0.422 e. The van der Waals surface area contributed by atoms with Crippen LogP contribution in [-0.2, 0) is 7.05 Å². The van der Waals surface area contributed by atoms with Gasteiger partial charge in [0.2, 0.25) is 0 Å². The van der Waals surface area contributed by atoms with Crippen molar-refractivity contribution >= 4 is 5.97 Å². The van der Waals surface area contributed by atoms with Crippen molar-refractivity contribution in [1.82, 2.24) is 14.5 Å². The minimum absolute atomic E-state index is 0.0260. The summed E-state index contributed by atoms with van der Waals surface area (Å²) < 4.78 is 43.0. The Bertz CT molecular complexity index is 966. The first-order valence-corrected chi connectivity index (χ1v) is 7.75. The number of carbonyl (C=O) groups is 1. The number of benzene rings is 1. The summed E-state index contributed by atoms with van der Waals surface area (Å²) in [4.78, 5) is 20.0. The van der Waals surface area contributed by atoms with Crippen LogP contribution in [0.15, 0.2) is 48.9 Å². The van der Waals surface area contributed by atoms with Gasteiger partial charge in [0.05, 0.1) is 23.3 Å². The van der Waals surface area contributed by atoms with Crippen LogP contribution in [0.3, 0.4) is 0 Å². The van der Waals surface area contributed by atoms with Crippen LogP contribution in [0.1, 0.15) is 10.4 Å². The highest BCUT2D eigenvalue weighted by Crippen LogP contribution is 2.26. The maximum atomic E-state index is 12.2. The predicted octanol–water partition coefficient (Wildman–Crippen LogP) is 3.79. The van der Waals surface area contributed by atoms with Crippen LogP contribution in [0, 0.1) is 0 Å². The average Bonchev–Trinajstić information content (AvgIpc) is 3.06. The van der Waals surface area contributed by atoms with Gasteiger partial charge in [-0.15, -0.1) is 0 Å². The van der Waals surface area contributed by atoms with Crippen molar-refractivity contribution in [2.75, 3.05) is 6.61 Å². The lowest BCUT2D eigenvalue weighted by Gasteiger charge is -2.10. The molecule has 0 unspecified atom stereocenters.